The molecule has 2 unspecified atom stereocenters. The maximum Gasteiger partial charge on any atom is 0.240 e. The first-order valence-electron chi connectivity index (χ1n) is 5.67. The molecule has 0 radical (unpaired) electrons. The molecule has 0 amide bonds. The van der Waals surface area contributed by atoms with Crippen LogP contribution in [-0.2, 0) is 10.0 Å². The van der Waals surface area contributed by atoms with Crippen LogP contribution in [0.15, 0.2) is 27.6 Å². The Bertz CT molecular complexity index is 583. The zero-order chi connectivity index (χ0) is 12.9. The van der Waals surface area contributed by atoms with Crippen LogP contribution in [0, 0.1) is 17.7 Å². The predicted octanol–water partition coefficient (Wildman–Crippen LogP) is 1.08. The first kappa shape index (κ1) is 12.5. The quantitative estimate of drug-likeness (QED) is 0.869. The third-order valence-corrected chi connectivity index (χ3v) is 5.68. The maximum absolute atomic E-state index is 13.3. The molecule has 1 aliphatic carbocycles. The van der Waals surface area contributed by atoms with Crippen molar-refractivity contribution in [2.45, 2.75) is 10.9 Å². The Hall–Kier alpha value is -0.500. The van der Waals surface area contributed by atoms with Crippen molar-refractivity contribution >= 4 is 26.0 Å². The molecule has 3 rings (SSSR count). The van der Waals surface area contributed by atoms with Crippen molar-refractivity contribution < 1.29 is 12.8 Å². The van der Waals surface area contributed by atoms with E-state index in [1.54, 1.807) is 0 Å². The summed E-state index contributed by atoms with van der Waals surface area (Å²) in [6.07, 6.45) is 0. The summed E-state index contributed by atoms with van der Waals surface area (Å²) in [6.45, 7) is 1.71. The highest BCUT2D eigenvalue weighted by Crippen LogP contribution is 2.42. The van der Waals surface area contributed by atoms with Gasteiger partial charge in [0.2, 0.25) is 10.0 Å². The molecular formula is C11H12BrFN2O2S. The Balaban J connectivity index is 1.79. The lowest BCUT2D eigenvalue weighted by Gasteiger charge is -2.09. The number of sulfonamides is 1. The number of fused-ring (bicyclic) bond motifs is 1. The highest BCUT2D eigenvalue weighted by molar-refractivity contribution is 9.10. The van der Waals surface area contributed by atoms with E-state index in [4.69, 9.17) is 0 Å². The summed E-state index contributed by atoms with van der Waals surface area (Å²) in [7, 11) is -3.62. The van der Waals surface area contributed by atoms with Gasteiger partial charge in [0.25, 0.3) is 0 Å². The third kappa shape index (κ3) is 2.09. The van der Waals surface area contributed by atoms with Crippen LogP contribution in [0.25, 0.3) is 0 Å². The predicted molar refractivity (Wildman–Crippen MR) is 68.1 cm³/mol. The van der Waals surface area contributed by atoms with Crippen molar-refractivity contribution in [3.8, 4) is 0 Å². The van der Waals surface area contributed by atoms with E-state index < -0.39 is 15.8 Å². The molecule has 1 aromatic carbocycles. The second kappa shape index (κ2) is 4.26. The summed E-state index contributed by atoms with van der Waals surface area (Å²) >= 11 is 3.00. The van der Waals surface area contributed by atoms with Crippen molar-refractivity contribution in [3.63, 3.8) is 0 Å². The topological polar surface area (TPSA) is 58.2 Å². The van der Waals surface area contributed by atoms with E-state index in [1.807, 2.05) is 0 Å². The number of hydrogen-bond acceptors (Lipinski definition) is 3. The third-order valence-electron chi connectivity index (χ3n) is 3.58. The molecule has 1 aliphatic heterocycles. The van der Waals surface area contributed by atoms with E-state index in [0.29, 0.717) is 11.8 Å². The Morgan fingerprint density at radius 3 is 2.61 bits per heavy atom. The van der Waals surface area contributed by atoms with Gasteiger partial charge in [0.15, 0.2) is 0 Å². The molecule has 0 bridgehead atoms. The minimum Gasteiger partial charge on any atom is -0.316 e. The summed E-state index contributed by atoms with van der Waals surface area (Å²) in [5.41, 5.74) is 0. The molecule has 2 aliphatic rings. The molecule has 1 aromatic rings. The molecule has 7 heteroatoms. The van der Waals surface area contributed by atoms with Crippen molar-refractivity contribution in [2.24, 2.45) is 11.8 Å². The Labute approximate surface area is 113 Å². The van der Waals surface area contributed by atoms with Gasteiger partial charge >= 0.3 is 0 Å². The highest BCUT2D eigenvalue weighted by atomic mass is 79.9. The number of benzene rings is 1. The van der Waals surface area contributed by atoms with E-state index in [2.05, 4.69) is 26.0 Å². The van der Waals surface area contributed by atoms with Crippen LogP contribution < -0.4 is 10.0 Å². The molecule has 0 spiro atoms. The Kier molecular flexibility index (Phi) is 2.97. The smallest absolute Gasteiger partial charge is 0.240 e. The molecule has 18 heavy (non-hydrogen) atoms. The largest absolute Gasteiger partial charge is 0.316 e. The zero-order valence-electron chi connectivity index (χ0n) is 9.36. The first-order valence-corrected chi connectivity index (χ1v) is 7.95. The number of nitrogens with one attached hydrogen (secondary N) is 2. The monoisotopic (exact) mass is 334 g/mol. The molecule has 2 fully saturated rings. The minimum atomic E-state index is -3.62. The number of hydrogen-bond donors (Lipinski definition) is 2. The van der Waals surface area contributed by atoms with Crippen LogP contribution in [0.5, 0.6) is 0 Å². The fourth-order valence-corrected chi connectivity index (χ4v) is 4.08. The lowest BCUT2D eigenvalue weighted by molar-refractivity contribution is 0.562. The van der Waals surface area contributed by atoms with E-state index in [0.717, 1.165) is 19.2 Å². The van der Waals surface area contributed by atoms with Gasteiger partial charge in [0, 0.05) is 6.04 Å². The molecule has 1 saturated heterocycles. The van der Waals surface area contributed by atoms with Gasteiger partial charge in [-0.3, -0.25) is 0 Å². The van der Waals surface area contributed by atoms with Gasteiger partial charge in [-0.2, -0.15) is 0 Å². The molecule has 1 saturated carbocycles. The lowest BCUT2D eigenvalue weighted by Crippen LogP contribution is -2.32. The lowest BCUT2D eigenvalue weighted by atomic mass is 10.3. The fourth-order valence-electron chi connectivity index (χ4n) is 2.48. The van der Waals surface area contributed by atoms with E-state index >= 15 is 0 Å². The molecule has 2 N–H and O–H groups in total. The second-order valence-electron chi connectivity index (χ2n) is 4.71. The van der Waals surface area contributed by atoms with E-state index in [1.165, 1.54) is 12.1 Å². The summed E-state index contributed by atoms with van der Waals surface area (Å²) in [6, 6.07) is 3.83. The number of halogens is 2. The van der Waals surface area contributed by atoms with Gasteiger partial charge in [-0.1, -0.05) is 0 Å². The molecule has 0 aromatic heterocycles. The average Bonchev–Trinajstić information content (AvgIpc) is 2.77. The van der Waals surface area contributed by atoms with Gasteiger partial charge in [0.05, 0.1) is 9.37 Å². The van der Waals surface area contributed by atoms with E-state index in [9.17, 15) is 12.8 Å². The second-order valence-corrected chi connectivity index (χ2v) is 7.28. The maximum atomic E-state index is 13.3. The fraction of sp³-hybridized carbons (Fsp3) is 0.455. The number of rotatable bonds is 3. The van der Waals surface area contributed by atoms with Gasteiger partial charge in [0.1, 0.15) is 5.82 Å². The van der Waals surface area contributed by atoms with E-state index in [-0.39, 0.29) is 15.4 Å². The minimum absolute atomic E-state index is 0.00274. The SMILES string of the molecule is O=S(=O)(NC1C2CNCC21)c1ccc(Br)c(F)c1. The van der Waals surface area contributed by atoms with Crippen LogP contribution in [-0.4, -0.2) is 27.5 Å². The van der Waals surface area contributed by atoms with Crippen molar-refractivity contribution in [3.05, 3.63) is 28.5 Å². The first-order chi connectivity index (χ1) is 8.49. The summed E-state index contributed by atoms with van der Waals surface area (Å²) in [5, 5.41) is 3.19. The molecule has 2 atom stereocenters. The van der Waals surface area contributed by atoms with Gasteiger partial charge in [-0.25, -0.2) is 17.5 Å². The summed E-state index contributed by atoms with van der Waals surface area (Å²) < 4.78 is 40.4. The van der Waals surface area contributed by atoms with Gasteiger partial charge in [-0.05, 0) is 59.1 Å². The Morgan fingerprint density at radius 1 is 1.33 bits per heavy atom. The molecule has 4 nitrogen and oxygen atoms in total. The molecular weight excluding hydrogens is 323 g/mol. The van der Waals surface area contributed by atoms with Crippen molar-refractivity contribution in [2.75, 3.05) is 13.1 Å². The zero-order valence-corrected chi connectivity index (χ0v) is 11.8. The van der Waals surface area contributed by atoms with Gasteiger partial charge < -0.3 is 5.32 Å². The normalized spacial score (nSPS) is 30.2. The average molecular weight is 335 g/mol. The van der Waals surface area contributed by atoms with Gasteiger partial charge in [-0.15, -0.1) is 0 Å². The van der Waals surface area contributed by atoms with Crippen LogP contribution in [0.3, 0.4) is 0 Å². The summed E-state index contributed by atoms with van der Waals surface area (Å²) in [5.74, 6) is 0.204. The van der Waals surface area contributed by atoms with Crippen molar-refractivity contribution in [1.82, 2.24) is 10.0 Å². The van der Waals surface area contributed by atoms with Crippen LogP contribution in [0.2, 0.25) is 0 Å². The molecule has 98 valence electrons. The number of piperidine rings is 1. The Morgan fingerprint density at radius 2 is 2.00 bits per heavy atom. The molecule has 1 heterocycles. The van der Waals surface area contributed by atoms with Crippen LogP contribution in [0.4, 0.5) is 4.39 Å². The highest BCUT2D eigenvalue weighted by Gasteiger charge is 2.54. The van der Waals surface area contributed by atoms with Crippen LogP contribution in [0.1, 0.15) is 0 Å². The standard InChI is InChI=1S/C11H12BrFN2O2S/c12-9-2-1-6(3-10(9)13)18(16,17)15-11-7-4-14-5-8(7)11/h1-3,7-8,11,14-15H,4-5H2. The van der Waals surface area contributed by atoms with Crippen LogP contribution >= 0.6 is 15.9 Å². The van der Waals surface area contributed by atoms with Crippen molar-refractivity contribution in [1.29, 1.82) is 0 Å². The summed E-state index contributed by atoms with van der Waals surface area (Å²) in [4.78, 5) is -0.0267.